The van der Waals surface area contributed by atoms with Crippen LogP contribution < -0.4 is 10.6 Å². The first-order valence-electron chi connectivity index (χ1n) is 4.02. The predicted molar refractivity (Wildman–Crippen MR) is 47.8 cm³/mol. The molecule has 0 spiro atoms. The summed E-state index contributed by atoms with van der Waals surface area (Å²) in [5, 5.41) is 12.6. The maximum atomic E-state index is 9.98. The van der Waals surface area contributed by atoms with E-state index in [1.54, 1.807) is 12.1 Å². The Kier molecular flexibility index (Phi) is 4.06. The molecular formula is C8H10N4O2. The molecule has 0 aliphatic heterocycles. The second-order valence-corrected chi connectivity index (χ2v) is 2.51. The molecule has 0 aromatic carbocycles. The third-order valence-corrected chi connectivity index (χ3v) is 1.51. The van der Waals surface area contributed by atoms with Gasteiger partial charge in [0.25, 0.3) is 0 Å². The second kappa shape index (κ2) is 5.63. The topological polar surface area (TPSA) is 84.0 Å². The second-order valence-electron chi connectivity index (χ2n) is 2.51. The van der Waals surface area contributed by atoms with E-state index in [-0.39, 0.29) is 0 Å². The first-order valence-corrected chi connectivity index (χ1v) is 4.02. The van der Waals surface area contributed by atoms with Crippen LogP contribution in [-0.4, -0.2) is 23.0 Å². The van der Waals surface area contributed by atoms with Gasteiger partial charge in [0, 0.05) is 0 Å². The lowest BCUT2D eigenvalue weighted by Gasteiger charge is -2.00. The number of amides is 2. The van der Waals surface area contributed by atoms with Gasteiger partial charge in [0.1, 0.15) is 0 Å². The highest BCUT2D eigenvalue weighted by Crippen LogP contribution is 1.95. The fraction of sp³-hybridized carbons (Fsp3) is 0.250. The Hall–Kier alpha value is -1.98. The summed E-state index contributed by atoms with van der Waals surface area (Å²) in [6.07, 6.45) is 1.20. The fourth-order valence-electron chi connectivity index (χ4n) is 0.869. The molecule has 2 amide bonds. The van der Waals surface area contributed by atoms with E-state index < -0.39 is 0 Å². The zero-order valence-corrected chi connectivity index (χ0v) is 7.43. The Balaban J connectivity index is 2.49. The Morgan fingerprint density at radius 1 is 1.00 bits per heavy atom. The van der Waals surface area contributed by atoms with Crippen molar-refractivity contribution in [3.8, 4) is 0 Å². The fourth-order valence-corrected chi connectivity index (χ4v) is 0.869. The Morgan fingerprint density at radius 3 is 1.71 bits per heavy atom. The molecule has 1 rings (SSSR count). The monoisotopic (exact) mass is 194 g/mol. The minimum absolute atomic E-state index is 0.359. The summed E-state index contributed by atoms with van der Waals surface area (Å²) in [7, 11) is 0. The summed E-state index contributed by atoms with van der Waals surface area (Å²) in [6.45, 7) is 0.718. The van der Waals surface area contributed by atoms with Crippen LogP contribution in [0.25, 0.3) is 0 Å². The number of hydrogen-bond acceptors (Lipinski definition) is 4. The van der Waals surface area contributed by atoms with Crippen molar-refractivity contribution in [1.82, 2.24) is 20.8 Å². The largest absolute Gasteiger partial charge is 0.353 e. The van der Waals surface area contributed by atoms with Crippen LogP contribution in [0.2, 0.25) is 0 Å². The molecule has 6 nitrogen and oxygen atoms in total. The van der Waals surface area contributed by atoms with Crippen molar-refractivity contribution in [2.75, 3.05) is 0 Å². The Bertz CT molecular complexity index is 268. The number of nitrogens with one attached hydrogen (secondary N) is 2. The highest BCUT2D eigenvalue weighted by molar-refractivity contribution is 5.46. The van der Waals surface area contributed by atoms with Gasteiger partial charge >= 0.3 is 0 Å². The summed E-state index contributed by atoms with van der Waals surface area (Å²) >= 11 is 0. The van der Waals surface area contributed by atoms with Crippen molar-refractivity contribution in [2.45, 2.75) is 13.1 Å². The van der Waals surface area contributed by atoms with Crippen molar-refractivity contribution < 1.29 is 9.59 Å². The molecular weight excluding hydrogens is 184 g/mol. The molecule has 0 aliphatic carbocycles. The normalized spacial score (nSPS) is 9.14. The average molecular weight is 194 g/mol. The molecule has 14 heavy (non-hydrogen) atoms. The van der Waals surface area contributed by atoms with Crippen LogP contribution in [0.3, 0.4) is 0 Å². The van der Waals surface area contributed by atoms with Crippen molar-refractivity contribution >= 4 is 12.8 Å². The molecule has 1 heterocycles. The summed E-state index contributed by atoms with van der Waals surface area (Å²) in [5.41, 5.74) is 1.35. The maximum absolute atomic E-state index is 9.98. The van der Waals surface area contributed by atoms with E-state index >= 15 is 0 Å². The van der Waals surface area contributed by atoms with E-state index in [0.29, 0.717) is 37.3 Å². The summed E-state index contributed by atoms with van der Waals surface area (Å²) in [4.78, 5) is 20.0. The molecule has 0 radical (unpaired) electrons. The van der Waals surface area contributed by atoms with Crippen molar-refractivity contribution in [1.29, 1.82) is 0 Å². The molecule has 0 bridgehead atoms. The first kappa shape index (κ1) is 10.1. The highest BCUT2D eigenvalue weighted by Gasteiger charge is 1.96. The van der Waals surface area contributed by atoms with Crippen molar-refractivity contribution in [3.63, 3.8) is 0 Å². The van der Waals surface area contributed by atoms with Crippen LogP contribution >= 0.6 is 0 Å². The van der Waals surface area contributed by atoms with Crippen LogP contribution in [0, 0.1) is 0 Å². The zero-order valence-electron chi connectivity index (χ0n) is 7.43. The lowest BCUT2D eigenvalue weighted by atomic mass is 10.3. The van der Waals surface area contributed by atoms with Crippen molar-refractivity contribution in [3.05, 3.63) is 23.5 Å². The van der Waals surface area contributed by atoms with Gasteiger partial charge in [-0.3, -0.25) is 9.59 Å². The molecule has 0 aliphatic rings. The van der Waals surface area contributed by atoms with Gasteiger partial charge in [-0.25, -0.2) is 0 Å². The number of carbonyl (C=O) groups excluding carboxylic acids is 2. The maximum Gasteiger partial charge on any atom is 0.207 e. The Labute approximate surface area is 80.7 Å². The standard InChI is InChI=1S/C8H10N4O2/c13-5-9-3-7-1-2-8(12-11-7)4-10-6-14/h1-2,5-6H,3-4H2,(H,9,13)(H,10,14). The van der Waals surface area contributed by atoms with E-state index in [0.717, 1.165) is 0 Å². The predicted octanol–water partition coefficient (Wildman–Crippen LogP) is -1.03. The number of rotatable bonds is 6. The molecule has 0 saturated heterocycles. The van der Waals surface area contributed by atoms with Gasteiger partial charge < -0.3 is 10.6 Å². The third-order valence-electron chi connectivity index (χ3n) is 1.51. The van der Waals surface area contributed by atoms with Gasteiger partial charge in [-0.15, -0.1) is 0 Å². The van der Waals surface area contributed by atoms with E-state index in [9.17, 15) is 9.59 Å². The molecule has 6 heteroatoms. The summed E-state index contributed by atoms with van der Waals surface area (Å²) in [5.74, 6) is 0. The van der Waals surface area contributed by atoms with Crippen molar-refractivity contribution in [2.24, 2.45) is 0 Å². The van der Waals surface area contributed by atoms with Crippen LogP contribution in [-0.2, 0) is 22.7 Å². The summed E-state index contributed by atoms with van der Waals surface area (Å²) < 4.78 is 0. The zero-order chi connectivity index (χ0) is 10.2. The quantitative estimate of drug-likeness (QED) is 0.567. The van der Waals surface area contributed by atoms with Gasteiger partial charge in [-0.1, -0.05) is 0 Å². The molecule has 0 atom stereocenters. The van der Waals surface area contributed by atoms with Gasteiger partial charge in [-0.2, -0.15) is 10.2 Å². The average Bonchev–Trinajstić information content (AvgIpc) is 2.25. The molecule has 1 aromatic rings. The van der Waals surface area contributed by atoms with Crippen LogP contribution in [0.4, 0.5) is 0 Å². The third kappa shape index (κ3) is 3.18. The van der Waals surface area contributed by atoms with Gasteiger partial charge in [0.15, 0.2) is 0 Å². The summed E-state index contributed by atoms with van der Waals surface area (Å²) in [6, 6.07) is 3.48. The number of carbonyl (C=O) groups is 2. The van der Waals surface area contributed by atoms with E-state index in [1.165, 1.54) is 0 Å². The number of hydrogen-bond donors (Lipinski definition) is 2. The van der Waals surface area contributed by atoms with E-state index in [2.05, 4.69) is 20.8 Å². The van der Waals surface area contributed by atoms with Gasteiger partial charge in [0.05, 0.1) is 24.5 Å². The van der Waals surface area contributed by atoms with E-state index in [4.69, 9.17) is 0 Å². The number of nitrogens with zero attached hydrogens (tertiary/aromatic N) is 2. The molecule has 0 fully saturated rings. The lowest BCUT2D eigenvalue weighted by Crippen LogP contribution is -2.14. The van der Waals surface area contributed by atoms with Crippen LogP contribution in [0.15, 0.2) is 12.1 Å². The molecule has 0 saturated carbocycles. The number of aromatic nitrogens is 2. The van der Waals surface area contributed by atoms with Crippen LogP contribution in [0.1, 0.15) is 11.4 Å². The minimum Gasteiger partial charge on any atom is -0.353 e. The molecule has 0 unspecified atom stereocenters. The van der Waals surface area contributed by atoms with E-state index in [1.807, 2.05) is 0 Å². The van der Waals surface area contributed by atoms with Gasteiger partial charge in [-0.05, 0) is 12.1 Å². The molecule has 2 N–H and O–H groups in total. The lowest BCUT2D eigenvalue weighted by molar-refractivity contribution is -0.110. The smallest absolute Gasteiger partial charge is 0.207 e. The molecule has 1 aromatic heterocycles. The van der Waals surface area contributed by atoms with Gasteiger partial charge in [0.2, 0.25) is 12.8 Å². The first-order chi connectivity index (χ1) is 6.86. The SMILES string of the molecule is O=CNCc1ccc(CNC=O)nn1. The Morgan fingerprint density at radius 2 is 1.43 bits per heavy atom. The minimum atomic E-state index is 0.359. The molecule has 74 valence electrons. The van der Waals surface area contributed by atoms with Crippen LogP contribution in [0.5, 0.6) is 0 Å². The highest BCUT2D eigenvalue weighted by atomic mass is 16.1.